The number of benzene rings is 2. The van der Waals surface area contributed by atoms with Gasteiger partial charge in [0.2, 0.25) is 5.91 Å². The van der Waals surface area contributed by atoms with E-state index in [1.807, 2.05) is 37.3 Å². The Labute approximate surface area is 155 Å². The monoisotopic (exact) mass is 375 g/mol. The third-order valence-electron chi connectivity index (χ3n) is 4.53. The summed E-state index contributed by atoms with van der Waals surface area (Å²) in [5.41, 5.74) is 0.345. The Morgan fingerprint density at radius 3 is 2.15 bits per heavy atom. The lowest BCUT2D eigenvalue weighted by molar-refractivity contribution is -0.122. The molecule has 1 atom stereocenters. The van der Waals surface area contributed by atoms with Crippen molar-refractivity contribution in [3.63, 3.8) is 0 Å². The molecular weight excluding hydrogens is 350 g/mol. The van der Waals surface area contributed by atoms with Crippen LogP contribution in [0.1, 0.15) is 25.3 Å². The van der Waals surface area contributed by atoms with E-state index in [-0.39, 0.29) is 29.5 Å². The van der Waals surface area contributed by atoms with E-state index in [1.165, 1.54) is 12.1 Å². The van der Waals surface area contributed by atoms with Gasteiger partial charge in [0.1, 0.15) is 5.60 Å². The number of methoxy groups -OCH3 is 1. The molecule has 0 spiro atoms. The second kappa shape index (κ2) is 8.96. The minimum atomic E-state index is -3.46. The minimum Gasteiger partial charge on any atom is -0.372 e. The molecule has 26 heavy (non-hydrogen) atoms. The molecule has 0 heterocycles. The maximum absolute atomic E-state index is 12.3. The zero-order chi connectivity index (χ0) is 19.0. The number of ether oxygens (including phenoxy) is 1. The lowest BCUT2D eigenvalue weighted by Crippen LogP contribution is -2.42. The van der Waals surface area contributed by atoms with Crippen LogP contribution in [0.3, 0.4) is 0 Å². The van der Waals surface area contributed by atoms with Crippen LogP contribution < -0.4 is 5.32 Å². The lowest BCUT2D eigenvalue weighted by Gasteiger charge is -2.32. The Morgan fingerprint density at radius 2 is 1.62 bits per heavy atom. The fourth-order valence-electron chi connectivity index (χ4n) is 2.81. The lowest BCUT2D eigenvalue weighted by atomic mass is 9.90. The van der Waals surface area contributed by atoms with Gasteiger partial charge in [0.15, 0.2) is 9.84 Å². The number of hydrogen-bond acceptors (Lipinski definition) is 4. The maximum atomic E-state index is 12.3. The van der Waals surface area contributed by atoms with Gasteiger partial charge in [-0.3, -0.25) is 4.79 Å². The predicted molar refractivity (Wildman–Crippen MR) is 102 cm³/mol. The number of carbonyl (C=O) groups excluding carboxylic acids is 1. The van der Waals surface area contributed by atoms with Gasteiger partial charge in [0.25, 0.3) is 0 Å². The van der Waals surface area contributed by atoms with E-state index in [0.29, 0.717) is 6.42 Å². The Bertz CT molecular complexity index is 800. The molecule has 0 aliphatic rings. The topological polar surface area (TPSA) is 72.5 Å². The summed E-state index contributed by atoms with van der Waals surface area (Å²) >= 11 is 0. The Morgan fingerprint density at radius 1 is 1.04 bits per heavy atom. The first-order chi connectivity index (χ1) is 12.4. The molecule has 6 heteroatoms. The van der Waals surface area contributed by atoms with Crippen molar-refractivity contribution >= 4 is 15.7 Å². The van der Waals surface area contributed by atoms with Gasteiger partial charge < -0.3 is 10.1 Å². The van der Waals surface area contributed by atoms with Crippen LogP contribution in [-0.4, -0.2) is 33.7 Å². The molecule has 2 aromatic rings. The first kappa shape index (κ1) is 20.1. The van der Waals surface area contributed by atoms with Crippen molar-refractivity contribution in [1.29, 1.82) is 0 Å². The Kier molecular flexibility index (Phi) is 6.94. The number of nitrogens with one attached hydrogen (secondary N) is 1. The van der Waals surface area contributed by atoms with Gasteiger partial charge in [-0.05, 0) is 24.1 Å². The van der Waals surface area contributed by atoms with Crippen LogP contribution in [0.25, 0.3) is 0 Å². The molecule has 2 rings (SSSR count). The van der Waals surface area contributed by atoms with Gasteiger partial charge in [0, 0.05) is 13.5 Å². The average molecular weight is 375 g/mol. The second-order valence-corrected chi connectivity index (χ2v) is 8.19. The largest absolute Gasteiger partial charge is 0.372 e. The summed E-state index contributed by atoms with van der Waals surface area (Å²) in [5, 5.41) is 2.82. The van der Waals surface area contributed by atoms with E-state index >= 15 is 0 Å². The van der Waals surface area contributed by atoms with Crippen LogP contribution in [0.15, 0.2) is 65.6 Å². The van der Waals surface area contributed by atoms with Crippen molar-refractivity contribution in [2.75, 3.05) is 19.4 Å². The molecule has 0 saturated carbocycles. The van der Waals surface area contributed by atoms with E-state index < -0.39 is 15.4 Å². The number of hydrogen-bond donors (Lipinski definition) is 1. The molecule has 0 unspecified atom stereocenters. The second-order valence-electron chi connectivity index (χ2n) is 6.08. The van der Waals surface area contributed by atoms with Crippen LogP contribution in [-0.2, 0) is 25.0 Å². The fourth-order valence-corrected chi connectivity index (χ4v) is 4.07. The van der Waals surface area contributed by atoms with Gasteiger partial charge >= 0.3 is 0 Å². The van der Waals surface area contributed by atoms with Gasteiger partial charge in [0.05, 0.1) is 17.2 Å². The molecule has 1 N–H and O–H groups in total. The highest BCUT2D eigenvalue weighted by Crippen LogP contribution is 2.28. The van der Waals surface area contributed by atoms with E-state index in [4.69, 9.17) is 4.74 Å². The number of sulfone groups is 1. The summed E-state index contributed by atoms with van der Waals surface area (Å²) in [6, 6.07) is 17.8. The quantitative estimate of drug-likeness (QED) is 0.731. The van der Waals surface area contributed by atoms with Crippen LogP contribution in [0.2, 0.25) is 0 Å². The van der Waals surface area contributed by atoms with Gasteiger partial charge in [-0.25, -0.2) is 8.42 Å². The van der Waals surface area contributed by atoms with E-state index in [0.717, 1.165) is 5.56 Å². The van der Waals surface area contributed by atoms with E-state index in [9.17, 15) is 13.2 Å². The minimum absolute atomic E-state index is 0.0878. The molecule has 1 amide bonds. The predicted octanol–water partition coefficient (Wildman–Crippen LogP) is 2.92. The highest BCUT2D eigenvalue weighted by atomic mass is 32.2. The molecule has 0 aromatic heterocycles. The van der Waals surface area contributed by atoms with Crippen molar-refractivity contribution in [1.82, 2.24) is 5.32 Å². The van der Waals surface area contributed by atoms with Gasteiger partial charge in [-0.2, -0.15) is 0 Å². The molecular formula is C20H25NO4S. The number of amides is 1. The standard InChI is InChI=1S/C20H25NO4S/c1-3-20(25-2,17-10-6-4-7-11-17)16-21-19(22)14-15-26(23,24)18-12-8-5-9-13-18/h4-13H,3,14-16H2,1-2H3,(H,21,22)/t20-/m1/s1. The molecule has 2 aromatic carbocycles. The van der Waals surface area contributed by atoms with Crippen molar-refractivity contribution < 1.29 is 17.9 Å². The van der Waals surface area contributed by atoms with Crippen LogP contribution in [0.5, 0.6) is 0 Å². The Hall–Kier alpha value is -2.18. The summed E-state index contributed by atoms with van der Waals surface area (Å²) < 4.78 is 30.2. The first-order valence-electron chi connectivity index (χ1n) is 8.59. The van der Waals surface area contributed by atoms with E-state index in [1.54, 1.807) is 25.3 Å². The number of rotatable bonds is 9. The zero-order valence-electron chi connectivity index (χ0n) is 15.1. The molecule has 0 saturated heterocycles. The van der Waals surface area contributed by atoms with Crippen LogP contribution in [0.4, 0.5) is 0 Å². The zero-order valence-corrected chi connectivity index (χ0v) is 16.0. The first-order valence-corrected chi connectivity index (χ1v) is 10.2. The molecule has 0 fully saturated rings. The molecule has 0 bridgehead atoms. The molecule has 0 aliphatic carbocycles. The number of carbonyl (C=O) groups is 1. The third-order valence-corrected chi connectivity index (χ3v) is 6.27. The van der Waals surface area contributed by atoms with Crippen molar-refractivity contribution in [3.8, 4) is 0 Å². The normalized spacial score (nSPS) is 13.8. The average Bonchev–Trinajstić information content (AvgIpc) is 2.69. The van der Waals surface area contributed by atoms with Crippen molar-refractivity contribution in [2.24, 2.45) is 0 Å². The summed E-state index contributed by atoms with van der Waals surface area (Å²) in [5.74, 6) is -0.532. The van der Waals surface area contributed by atoms with Crippen molar-refractivity contribution in [2.45, 2.75) is 30.3 Å². The fraction of sp³-hybridized carbons (Fsp3) is 0.350. The summed E-state index contributed by atoms with van der Waals surface area (Å²) in [7, 11) is -1.85. The summed E-state index contributed by atoms with van der Waals surface area (Å²) in [4.78, 5) is 12.4. The van der Waals surface area contributed by atoms with Crippen LogP contribution in [0, 0.1) is 0 Å². The highest BCUT2D eigenvalue weighted by Gasteiger charge is 2.30. The highest BCUT2D eigenvalue weighted by molar-refractivity contribution is 7.91. The molecule has 0 aliphatic heterocycles. The van der Waals surface area contributed by atoms with Gasteiger partial charge in [-0.15, -0.1) is 0 Å². The molecule has 140 valence electrons. The summed E-state index contributed by atoms with van der Waals surface area (Å²) in [6.07, 6.45) is 0.589. The molecule has 5 nitrogen and oxygen atoms in total. The summed E-state index contributed by atoms with van der Waals surface area (Å²) in [6.45, 7) is 2.27. The smallest absolute Gasteiger partial charge is 0.221 e. The van der Waals surface area contributed by atoms with Gasteiger partial charge in [-0.1, -0.05) is 55.5 Å². The van der Waals surface area contributed by atoms with E-state index in [2.05, 4.69) is 5.32 Å². The Balaban J connectivity index is 1.97. The third kappa shape index (κ3) is 4.93. The molecule has 0 radical (unpaired) electrons. The maximum Gasteiger partial charge on any atom is 0.221 e. The SMILES string of the molecule is CC[C@](CNC(=O)CCS(=O)(=O)c1ccccc1)(OC)c1ccccc1. The van der Waals surface area contributed by atoms with Crippen LogP contribution >= 0.6 is 0 Å². The van der Waals surface area contributed by atoms with Crippen molar-refractivity contribution in [3.05, 3.63) is 66.2 Å².